The van der Waals surface area contributed by atoms with E-state index in [-0.39, 0.29) is 29.9 Å². The Kier molecular flexibility index (Phi) is 8.10. The maximum Gasteiger partial charge on any atom is 0.235 e. The molecule has 26 heavy (non-hydrogen) atoms. The van der Waals surface area contributed by atoms with Gasteiger partial charge in [0.2, 0.25) is 11.8 Å². The van der Waals surface area contributed by atoms with Crippen molar-refractivity contribution in [2.75, 3.05) is 30.0 Å². The van der Waals surface area contributed by atoms with Crippen LogP contribution >= 0.6 is 11.8 Å². The average Bonchev–Trinajstić information content (AvgIpc) is 3.04. The van der Waals surface area contributed by atoms with E-state index >= 15 is 0 Å². The highest BCUT2D eigenvalue weighted by atomic mass is 32.2. The van der Waals surface area contributed by atoms with Gasteiger partial charge in [-0.3, -0.25) is 14.6 Å². The van der Waals surface area contributed by atoms with Crippen LogP contribution in [0.15, 0.2) is 35.0 Å². The first kappa shape index (κ1) is 19.9. The van der Waals surface area contributed by atoms with E-state index in [2.05, 4.69) is 15.5 Å². The Labute approximate surface area is 156 Å². The summed E-state index contributed by atoms with van der Waals surface area (Å²) in [6.45, 7) is 2.57. The summed E-state index contributed by atoms with van der Waals surface area (Å²) < 4.78 is 4.87. The predicted molar refractivity (Wildman–Crippen MR) is 98.6 cm³/mol. The number of nitrogens with one attached hydrogen (secondary N) is 1. The number of rotatable bonds is 10. The van der Waals surface area contributed by atoms with Gasteiger partial charge in [-0.25, -0.2) is 0 Å². The van der Waals surface area contributed by atoms with E-state index in [0.29, 0.717) is 31.1 Å². The van der Waals surface area contributed by atoms with Gasteiger partial charge in [0, 0.05) is 25.4 Å². The smallest absolute Gasteiger partial charge is 0.235 e. The normalized spacial score (nSPS) is 10.5. The summed E-state index contributed by atoms with van der Waals surface area (Å²) in [5, 5.41) is 15.3. The van der Waals surface area contributed by atoms with Gasteiger partial charge in [-0.2, -0.15) is 0 Å². The van der Waals surface area contributed by atoms with Gasteiger partial charge in [0.1, 0.15) is 5.76 Å². The lowest BCUT2D eigenvalue weighted by Crippen LogP contribution is -2.34. The lowest BCUT2D eigenvalue weighted by Gasteiger charge is -2.22. The summed E-state index contributed by atoms with van der Waals surface area (Å²) in [7, 11) is 0. The number of thioether (sulfide) groups is 1. The van der Waals surface area contributed by atoms with Crippen molar-refractivity contribution in [1.82, 2.24) is 15.0 Å². The Morgan fingerprint density at radius 3 is 2.85 bits per heavy atom. The third-order valence-corrected chi connectivity index (χ3v) is 4.29. The summed E-state index contributed by atoms with van der Waals surface area (Å²) in [6.07, 6.45) is 2.17. The minimum absolute atomic E-state index is 0.0126. The molecule has 2 heterocycles. The van der Waals surface area contributed by atoms with Crippen molar-refractivity contribution < 1.29 is 19.2 Å². The molecule has 0 spiro atoms. The molecule has 2 aromatic heterocycles. The van der Waals surface area contributed by atoms with Crippen LogP contribution in [0.5, 0.6) is 0 Å². The molecule has 0 aliphatic rings. The van der Waals surface area contributed by atoms with Crippen LogP contribution in [0.25, 0.3) is 0 Å². The van der Waals surface area contributed by atoms with Crippen LogP contribution < -0.4 is 5.32 Å². The number of aliphatic hydroxyl groups is 1. The lowest BCUT2D eigenvalue weighted by molar-refractivity contribution is -0.129. The third-order valence-electron chi connectivity index (χ3n) is 3.37. The first-order valence-corrected chi connectivity index (χ1v) is 9.33. The zero-order valence-electron chi connectivity index (χ0n) is 14.6. The number of amides is 2. The van der Waals surface area contributed by atoms with Crippen molar-refractivity contribution in [2.24, 2.45) is 0 Å². The molecular formula is C17H22N4O4S. The lowest BCUT2D eigenvalue weighted by atomic mass is 10.3. The second-order valence-corrected chi connectivity index (χ2v) is 6.56. The van der Waals surface area contributed by atoms with Crippen LogP contribution in [0.1, 0.15) is 17.9 Å². The second-order valence-electron chi connectivity index (χ2n) is 5.58. The highest BCUT2D eigenvalue weighted by Crippen LogP contribution is 2.10. The number of anilines is 1. The summed E-state index contributed by atoms with van der Waals surface area (Å²) in [5.41, 5.74) is 0.780. The van der Waals surface area contributed by atoms with Gasteiger partial charge in [0.25, 0.3) is 0 Å². The van der Waals surface area contributed by atoms with Gasteiger partial charge >= 0.3 is 0 Å². The Balaban J connectivity index is 1.79. The molecule has 0 unspecified atom stereocenters. The van der Waals surface area contributed by atoms with Gasteiger partial charge < -0.3 is 19.8 Å². The molecule has 0 bridgehead atoms. The van der Waals surface area contributed by atoms with Gasteiger partial charge in [0.05, 0.1) is 23.7 Å². The zero-order valence-corrected chi connectivity index (χ0v) is 15.4. The fourth-order valence-corrected chi connectivity index (χ4v) is 2.88. The Bertz CT molecular complexity index is 708. The van der Waals surface area contributed by atoms with Crippen LogP contribution in [-0.4, -0.2) is 56.6 Å². The standard InChI is InChI=1S/C17H22N4O4S/c1-13-9-15(20-25-13)19-16(23)11-26-12-17(24)21(7-4-8-22)10-14-5-2-3-6-18-14/h2-3,5-6,9,22H,4,7-8,10-12H2,1H3,(H,19,20,23). The Morgan fingerprint density at radius 2 is 2.19 bits per heavy atom. The Morgan fingerprint density at radius 1 is 1.35 bits per heavy atom. The molecule has 0 saturated heterocycles. The van der Waals surface area contributed by atoms with E-state index < -0.39 is 0 Å². The summed E-state index contributed by atoms with van der Waals surface area (Å²) in [4.78, 5) is 30.2. The zero-order chi connectivity index (χ0) is 18.8. The van der Waals surface area contributed by atoms with Crippen molar-refractivity contribution in [3.05, 3.63) is 41.9 Å². The van der Waals surface area contributed by atoms with E-state index in [1.54, 1.807) is 24.1 Å². The first-order chi connectivity index (χ1) is 12.6. The summed E-state index contributed by atoms with van der Waals surface area (Å²) in [6, 6.07) is 7.15. The number of aliphatic hydroxyl groups excluding tert-OH is 1. The topological polar surface area (TPSA) is 109 Å². The maximum absolute atomic E-state index is 12.4. The van der Waals surface area contributed by atoms with E-state index in [1.807, 2.05) is 18.2 Å². The van der Waals surface area contributed by atoms with Gasteiger partial charge in [0.15, 0.2) is 5.82 Å². The minimum atomic E-state index is -0.247. The number of aryl methyl sites for hydroxylation is 1. The highest BCUT2D eigenvalue weighted by Gasteiger charge is 2.15. The molecule has 0 aliphatic heterocycles. The van der Waals surface area contributed by atoms with Gasteiger partial charge in [-0.1, -0.05) is 11.2 Å². The van der Waals surface area contributed by atoms with E-state index in [4.69, 9.17) is 9.63 Å². The molecule has 0 aliphatic carbocycles. The quantitative estimate of drug-likeness (QED) is 0.644. The fraction of sp³-hybridized carbons (Fsp3) is 0.412. The van der Waals surface area contributed by atoms with Crippen LogP contribution in [0.3, 0.4) is 0 Å². The van der Waals surface area contributed by atoms with Crippen molar-refractivity contribution in [3.8, 4) is 0 Å². The molecule has 0 fully saturated rings. The van der Waals surface area contributed by atoms with Crippen LogP contribution in [0.2, 0.25) is 0 Å². The second kappa shape index (κ2) is 10.6. The predicted octanol–water partition coefficient (Wildman–Crippen LogP) is 1.46. The van der Waals surface area contributed by atoms with Crippen molar-refractivity contribution in [1.29, 1.82) is 0 Å². The molecule has 9 heteroatoms. The number of hydrogen-bond acceptors (Lipinski definition) is 7. The molecular weight excluding hydrogens is 356 g/mol. The molecule has 0 atom stereocenters. The monoisotopic (exact) mass is 378 g/mol. The van der Waals surface area contributed by atoms with Gasteiger partial charge in [-0.15, -0.1) is 11.8 Å². The van der Waals surface area contributed by atoms with Crippen LogP contribution in [-0.2, 0) is 16.1 Å². The van der Waals surface area contributed by atoms with Crippen molar-refractivity contribution in [2.45, 2.75) is 19.9 Å². The molecule has 2 N–H and O–H groups in total. The molecule has 2 aromatic rings. The highest BCUT2D eigenvalue weighted by molar-refractivity contribution is 8.00. The largest absolute Gasteiger partial charge is 0.396 e. The molecule has 0 radical (unpaired) electrons. The number of aromatic nitrogens is 2. The molecule has 0 saturated carbocycles. The van der Waals surface area contributed by atoms with Crippen LogP contribution in [0.4, 0.5) is 5.82 Å². The van der Waals surface area contributed by atoms with Crippen LogP contribution in [0, 0.1) is 6.92 Å². The number of nitrogens with zero attached hydrogens (tertiary/aromatic N) is 3. The number of carbonyl (C=O) groups excluding carboxylic acids is 2. The minimum Gasteiger partial charge on any atom is -0.396 e. The number of carbonyl (C=O) groups is 2. The molecule has 2 rings (SSSR count). The first-order valence-electron chi connectivity index (χ1n) is 8.18. The Hall–Kier alpha value is -2.39. The fourth-order valence-electron chi connectivity index (χ4n) is 2.17. The third kappa shape index (κ3) is 6.85. The van der Waals surface area contributed by atoms with Crippen molar-refractivity contribution >= 4 is 29.4 Å². The summed E-state index contributed by atoms with van der Waals surface area (Å²) >= 11 is 1.22. The number of hydrogen-bond donors (Lipinski definition) is 2. The average molecular weight is 378 g/mol. The van der Waals surface area contributed by atoms with Gasteiger partial charge in [-0.05, 0) is 25.5 Å². The van der Waals surface area contributed by atoms with E-state index in [9.17, 15) is 9.59 Å². The molecule has 8 nitrogen and oxygen atoms in total. The number of pyridine rings is 1. The summed E-state index contributed by atoms with van der Waals surface area (Å²) in [5.74, 6) is 0.928. The van der Waals surface area contributed by atoms with E-state index in [1.165, 1.54) is 11.8 Å². The molecule has 140 valence electrons. The SMILES string of the molecule is Cc1cc(NC(=O)CSCC(=O)N(CCCO)Cc2ccccn2)no1. The maximum atomic E-state index is 12.4. The van der Waals surface area contributed by atoms with Crippen molar-refractivity contribution in [3.63, 3.8) is 0 Å². The molecule has 0 aromatic carbocycles. The molecule has 2 amide bonds. The van der Waals surface area contributed by atoms with E-state index in [0.717, 1.165) is 5.69 Å².